The number of likely N-dealkylation sites (N-methyl/N-ethyl adjacent to an activating group) is 1. The minimum atomic E-state index is 0.777. The van der Waals surface area contributed by atoms with Gasteiger partial charge in [0.1, 0.15) is 6.54 Å². The van der Waals surface area contributed by atoms with Gasteiger partial charge in [0.2, 0.25) is 0 Å². The van der Waals surface area contributed by atoms with Crippen molar-refractivity contribution < 1.29 is 14.4 Å². The van der Waals surface area contributed by atoms with Crippen molar-refractivity contribution in [3.05, 3.63) is 35.9 Å². The highest BCUT2D eigenvalue weighted by atomic mass is 16.5. The van der Waals surface area contributed by atoms with Crippen molar-refractivity contribution in [1.29, 1.82) is 0 Å². The fourth-order valence-electron chi connectivity index (χ4n) is 2.02. The molecule has 3 nitrogen and oxygen atoms in total. The van der Waals surface area contributed by atoms with E-state index in [1.807, 2.05) is 12.1 Å². The molecule has 0 saturated heterocycles. The van der Waals surface area contributed by atoms with Gasteiger partial charge in [0.25, 0.3) is 0 Å². The van der Waals surface area contributed by atoms with Crippen molar-refractivity contribution in [2.24, 2.45) is 0 Å². The predicted molar refractivity (Wildman–Crippen MR) is 74.4 cm³/mol. The van der Waals surface area contributed by atoms with Crippen LogP contribution < -0.4 is 14.4 Å². The SMILES string of the molecule is C=C(C)C[NH+](CC)Cc1ccc(OC)c(OC)c1. The molecule has 0 amide bonds. The Labute approximate surface area is 110 Å². The third kappa shape index (κ3) is 4.08. The van der Waals surface area contributed by atoms with E-state index in [2.05, 4.69) is 26.5 Å². The van der Waals surface area contributed by atoms with E-state index < -0.39 is 0 Å². The highest BCUT2D eigenvalue weighted by Gasteiger charge is 2.10. The second-order valence-corrected chi connectivity index (χ2v) is 4.60. The normalized spacial score (nSPS) is 12.0. The fourth-order valence-corrected chi connectivity index (χ4v) is 2.02. The Morgan fingerprint density at radius 2 is 1.89 bits per heavy atom. The van der Waals surface area contributed by atoms with Crippen LogP contribution in [-0.2, 0) is 6.54 Å². The van der Waals surface area contributed by atoms with Crippen LogP contribution in [0.2, 0.25) is 0 Å². The maximum Gasteiger partial charge on any atom is 0.161 e. The van der Waals surface area contributed by atoms with Crippen LogP contribution in [0.3, 0.4) is 0 Å². The molecule has 0 heterocycles. The second kappa shape index (κ2) is 7.07. The minimum absolute atomic E-state index is 0.777. The molecule has 1 N–H and O–H groups in total. The van der Waals surface area contributed by atoms with Crippen molar-refractivity contribution in [1.82, 2.24) is 0 Å². The van der Waals surface area contributed by atoms with Crippen molar-refractivity contribution >= 4 is 0 Å². The molecular formula is C15H24NO2+. The van der Waals surface area contributed by atoms with E-state index >= 15 is 0 Å². The van der Waals surface area contributed by atoms with Crippen molar-refractivity contribution in [3.8, 4) is 11.5 Å². The van der Waals surface area contributed by atoms with E-state index in [4.69, 9.17) is 9.47 Å². The summed E-state index contributed by atoms with van der Waals surface area (Å²) in [6.07, 6.45) is 0. The summed E-state index contributed by atoms with van der Waals surface area (Å²) in [6.45, 7) is 11.3. The van der Waals surface area contributed by atoms with Gasteiger partial charge in [-0.2, -0.15) is 0 Å². The van der Waals surface area contributed by atoms with E-state index in [0.717, 1.165) is 31.1 Å². The van der Waals surface area contributed by atoms with Crippen LogP contribution >= 0.6 is 0 Å². The van der Waals surface area contributed by atoms with Crippen molar-refractivity contribution in [2.75, 3.05) is 27.3 Å². The first-order chi connectivity index (χ1) is 8.60. The zero-order valence-electron chi connectivity index (χ0n) is 11.9. The van der Waals surface area contributed by atoms with Gasteiger partial charge in [-0.25, -0.2) is 0 Å². The van der Waals surface area contributed by atoms with Crippen molar-refractivity contribution in [2.45, 2.75) is 20.4 Å². The van der Waals surface area contributed by atoms with Crippen molar-refractivity contribution in [3.63, 3.8) is 0 Å². The van der Waals surface area contributed by atoms with Gasteiger partial charge in [0, 0.05) is 5.56 Å². The van der Waals surface area contributed by atoms with E-state index in [-0.39, 0.29) is 0 Å². The lowest BCUT2D eigenvalue weighted by Gasteiger charge is -2.18. The van der Waals surface area contributed by atoms with Crippen LogP contribution in [0.5, 0.6) is 11.5 Å². The Balaban J connectivity index is 2.80. The Morgan fingerprint density at radius 1 is 1.22 bits per heavy atom. The summed E-state index contributed by atoms with van der Waals surface area (Å²) < 4.78 is 10.6. The Morgan fingerprint density at radius 3 is 2.39 bits per heavy atom. The standard InChI is InChI=1S/C15H23NO2/c1-6-16(10-12(2)3)11-13-7-8-14(17-4)15(9-13)18-5/h7-9H,2,6,10-11H2,1,3-5H3/p+1. The van der Waals surface area contributed by atoms with Crippen LogP contribution in [0.25, 0.3) is 0 Å². The summed E-state index contributed by atoms with van der Waals surface area (Å²) in [4.78, 5) is 1.50. The summed E-state index contributed by atoms with van der Waals surface area (Å²) in [5.74, 6) is 1.57. The number of hydrogen-bond acceptors (Lipinski definition) is 2. The van der Waals surface area contributed by atoms with Crippen LogP contribution in [-0.4, -0.2) is 27.3 Å². The molecule has 0 saturated carbocycles. The molecule has 18 heavy (non-hydrogen) atoms. The van der Waals surface area contributed by atoms with Gasteiger partial charge in [0.15, 0.2) is 11.5 Å². The number of ether oxygens (including phenoxy) is 2. The quantitative estimate of drug-likeness (QED) is 0.744. The fraction of sp³-hybridized carbons (Fsp3) is 0.467. The number of benzene rings is 1. The van der Waals surface area contributed by atoms with Crippen LogP contribution in [0.4, 0.5) is 0 Å². The van der Waals surface area contributed by atoms with Gasteiger partial charge < -0.3 is 14.4 Å². The molecule has 100 valence electrons. The number of methoxy groups -OCH3 is 2. The molecular weight excluding hydrogens is 226 g/mol. The summed E-state index contributed by atoms with van der Waals surface area (Å²) in [5, 5.41) is 0. The lowest BCUT2D eigenvalue weighted by Crippen LogP contribution is -3.10. The van der Waals surface area contributed by atoms with Gasteiger partial charge in [-0.3, -0.25) is 0 Å². The summed E-state index contributed by atoms with van der Waals surface area (Å²) >= 11 is 0. The van der Waals surface area contributed by atoms with Gasteiger partial charge in [0.05, 0.1) is 27.3 Å². The highest BCUT2D eigenvalue weighted by molar-refractivity contribution is 5.42. The Hall–Kier alpha value is -1.48. The molecule has 0 spiro atoms. The van der Waals surface area contributed by atoms with Gasteiger partial charge in [-0.15, -0.1) is 0 Å². The largest absolute Gasteiger partial charge is 0.493 e. The molecule has 0 radical (unpaired) electrons. The molecule has 1 aromatic rings. The van der Waals surface area contributed by atoms with Crippen LogP contribution in [0, 0.1) is 0 Å². The second-order valence-electron chi connectivity index (χ2n) is 4.60. The molecule has 0 aliphatic carbocycles. The predicted octanol–water partition coefficient (Wildman–Crippen LogP) is 1.68. The number of rotatable bonds is 7. The third-order valence-corrected chi connectivity index (χ3v) is 2.95. The van der Waals surface area contributed by atoms with Gasteiger partial charge in [-0.05, 0) is 37.6 Å². The number of hydrogen-bond donors (Lipinski definition) is 1. The van der Waals surface area contributed by atoms with Crippen LogP contribution in [0.15, 0.2) is 30.4 Å². The van der Waals surface area contributed by atoms with Gasteiger partial charge >= 0.3 is 0 Å². The van der Waals surface area contributed by atoms with E-state index in [9.17, 15) is 0 Å². The first-order valence-electron chi connectivity index (χ1n) is 6.29. The van der Waals surface area contributed by atoms with E-state index in [1.54, 1.807) is 14.2 Å². The minimum Gasteiger partial charge on any atom is -0.493 e. The zero-order chi connectivity index (χ0) is 13.5. The van der Waals surface area contributed by atoms with Crippen LogP contribution in [0.1, 0.15) is 19.4 Å². The Kier molecular flexibility index (Phi) is 5.72. The summed E-state index contributed by atoms with van der Waals surface area (Å²) in [7, 11) is 3.32. The van der Waals surface area contributed by atoms with E-state index in [0.29, 0.717) is 0 Å². The molecule has 0 aliphatic heterocycles. The van der Waals surface area contributed by atoms with E-state index in [1.165, 1.54) is 16.0 Å². The molecule has 0 bridgehead atoms. The third-order valence-electron chi connectivity index (χ3n) is 2.95. The first kappa shape index (κ1) is 14.6. The molecule has 0 aromatic heterocycles. The molecule has 1 rings (SSSR count). The summed E-state index contributed by atoms with van der Waals surface area (Å²) in [5.41, 5.74) is 2.47. The number of nitrogens with one attached hydrogen (secondary N) is 1. The zero-order valence-corrected chi connectivity index (χ0v) is 11.9. The molecule has 3 heteroatoms. The topological polar surface area (TPSA) is 22.9 Å². The molecule has 1 aromatic carbocycles. The summed E-state index contributed by atoms with van der Waals surface area (Å²) in [6, 6.07) is 6.10. The maximum absolute atomic E-state index is 5.32. The average molecular weight is 250 g/mol. The first-order valence-corrected chi connectivity index (χ1v) is 6.29. The maximum atomic E-state index is 5.32. The molecule has 1 unspecified atom stereocenters. The Bertz CT molecular complexity index is 401. The molecule has 0 aliphatic rings. The highest BCUT2D eigenvalue weighted by Crippen LogP contribution is 2.27. The number of quaternary nitrogens is 1. The lowest BCUT2D eigenvalue weighted by molar-refractivity contribution is -0.907. The smallest absolute Gasteiger partial charge is 0.161 e. The molecule has 1 atom stereocenters. The monoisotopic (exact) mass is 250 g/mol. The lowest BCUT2D eigenvalue weighted by atomic mass is 10.1. The average Bonchev–Trinajstić information content (AvgIpc) is 2.37. The molecule has 0 fully saturated rings. The van der Waals surface area contributed by atoms with Gasteiger partial charge in [-0.1, -0.05) is 6.58 Å².